The van der Waals surface area contributed by atoms with Crippen molar-refractivity contribution in [2.75, 3.05) is 17.7 Å². The quantitative estimate of drug-likeness (QED) is 0.724. The first-order valence-corrected chi connectivity index (χ1v) is 7.01. The number of hydrogen-bond donors (Lipinski definition) is 2. The van der Waals surface area contributed by atoms with Crippen molar-refractivity contribution < 1.29 is 4.74 Å². The van der Waals surface area contributed by atoms with Gasteiger partial charge in [-0.3, -0.25) is 0 Å². The Bertz CT molecular complexity index is 388. The van der Waals surface area contributed by atoms with Crippen LogP contribution in [0.15, 0.2) is 18.2 Å². The highest BCUT2D eigenvalue weighted by Crippen LogP contribution is 2.35. The lowest BCUT2D eigenvalue weighted by molar-refractivity contribution is 0.340. The molecule has 0 heterocycles. The van der Waals surface area contributed by atoms with Crippen molar-refractivity contribution in [2.24, 2.45) is 5.92 Å². The van der Waals surface area contributed by atoms with E-state index in [-0.39, 0.29) is 0 Å². The molecule has 0 aliphatic heterocycles. The summed E-state index contributed by atoms with van der Waals surface area (Å²) in [6.45, 7) is 4.89. The van der Waals surface area contributed by atoms with Gasteiger partial charge < -0.3 is 15.8 Å². The molecule has 3 heteroatoms. The average molecular weight is 248 g/mol. The number of nitrogens with one attached hydrogen (secondary N) is 1. The number of ether oxygens (including phenoxy) is 1. The molecule has 0 bridgehead atoms. The minimum Gasteiger partial charge on any atom is -0.494 e. The summed E-state index contributed by atoms with van der Waals surface area (Å²) in [7, 11) is 0. The van der Waals surface area contributed by atoms with Crippen LogP contribution in [0.3, 0.4) is 0 Å². The highest BCUT2D eigenvalue weighted by Gasteiger charge is 2.24. The molecule has 1 aromatic carbocycles. The Hall–Kier alpha value is -1.38. The minimum atomic E-state index is 0.550. The second-order valence-electron chi connectivity index (χ2n) is 5.15. The zero-order chi connectivity index (χ0) is 13.0. The SMILES string of the molecule is CCOc1cc(N)cc(NC(CC)CC2CC2)c1. The van der Waals surface area contributed by atoms with Crippen LogP contribution in [0.1, 0.15) is 39.5 Å². The van der Waals surface area contributed by atoms with Crippen molar-refractivity contribution in [1.82, 2.24) is 0 Å². The molecule has 0 saturated heterocycles. The molecular formula is C15H24N2O. The fourth-order valence-electron chi connectivity index (χ4n) is 2.27. The molecule has 3 nitrogen and oxygen atoms in total. The highest BCUT2D eigenvalue weighted by molar-refractivity contribution is 5.59. The number of nitrogen functional groups attached to an aromatic ring is 1. The maximum Gasteiger partial charge on any atom is 0.123 e. The molecule has 0 aromatic heterocycles. The van der Waals surface area contributed by atoms with Gasteiger partial charge in [-0.25, -0.2) is 0 Å². The zero-order valence-electron chi connectivity index (χ0n) is 11.4. The third kappa shape index (κ3) is 3.83. The van der Waals surface area contributed by atoms with E-state index < -0.39 is 0 Å². The zero-order valence-corrected chi connectivity index (χ0v) is 11.4. The third-order valence-corrected chi connectivity index (χ3v) is 3.42. The lowest BCUT2D eigenvalue weighted by Crippen LogP contribution is -2.19. The molecule has 1 saturated carbocycles. The van der Waals surface area contributed by atoms with Gasteiger partial charge in [-0.15, -0.1) is 0 Å². The van der Waals surface area contributed by atoms with E-state index in [9.17, 15) is 0 Å². The first kappa shape index (κ1) is 13.1. The molecule has 2 rings (SSSR count). The summed E-state index contributed by atoms with van der Waals surface area (Å²) in [4.78, 5) is 0. The first-order chi connectivity index (χ1) is 8.71. The van der Waals surface area contributed by atoms with E-state index in [1.807, 2.05) is 25.1 Å². The van der Waals surface area contributed by atoms with Gasteiger partial charge in [0.25, 0.3) is 0 Å². The Morgan fingerprint density at radius 2 is 2.11 bits per heavy atom. The van der Waals surface area contributed by atoms with Crippen LogP contribution in [-0.4, -0.2) is 12.6 Å². The third-order valence-electron chi connectivity index (χ3n) is 3.42. The Morgan fingerprint density at radius 3 is 2.72 bits per heavy atom. The number of hydrogen-bond acceptors (Lipinski definition) is 3. The van der Waals surface area contributed by atoms with Gasteiger partial charge in [-0.1, -0.05) is 19.8 Å². The van der Waals surface area contributed by atoms with Crippen molar-refractivity contribution in [1.29, 1.82) is 0 Å². The summed E-state index contributed by atoms with van der Waals surface area (Å²) in [5.74, 6) is 1.79. The van der Waals surface area contributed by atoms with Crippen LogP contribution in [0, 0.1) is 5.92 Å². The van der Waals surface area contributed by atoms with Gasteiger partial charge in [0.2, 0.25) is 0 Å². The molecule has 0 radical (unpaired) electrons. The van der Waals surface area contributed by atoms with Crippen LogP contribution in [0.4, 0.5) is 11.4 Å². The van der Waals surface area contributed by atoms with Crippen LogP contribution < -0.4 is 15.8 Å². The average Bonchev–Trinajstić information content (AvgIpc) is 3.12. The monoisotopic (exact) mass is 248 g/mol. The number of nitrogens with two attached hydrogens (primary N) is 1. The minimum absolute atomic E-state index is 0.550. The summed E-state index contributed by atoms with van der Waals surface area (Å²) >= 11 is 0. The van der Waals surface area contributed by atoms with Crippen molar-refractivity contribution in [3.05, 3.63) is 18.2 Å². The summed E-state index contributed by atoms with van der Waals surface area (Å²) < 4.78 is 5.52. The summed E-state index contributed by atoms with van der Waals surface area (Å²) in [5, 5.41) is 3.58. The van der Waals surface area contributed by atoms with Gasteiger partial charge in [0, 0.05) is 29.5 Å². The standard InChI is InChI=1S/C15H24N2O/c1-3-13(7-11-5-6-11)17-14-8-12(16)9-15(10-14)18-4-2/h8-11,13,17H,3-7,16H2,1-2H3. The molecule has 1 aliphatic carbocycles. The number of benzene rings is 1. The Kier molecular flexibility index (Phi) is 4.34. The molecule has 0 spiro atoms. The van der Waals surface area contributed by atoms with Crippen LogP contribution in [0.25, 0.3) is 0 Å². The maximum atomic E-state index is 5.90. The van der Waals surface area contributed by atoms with E-state index in [0.29, 0.717) is 12.6 Å². The van der Waals surface area contributed by atoms with E-state index in [2.05, 4.69) is 12.2 Å². The van der Waals surface area contributed by atoms with Crippen LogP contribution in [0.2, 0.25) is 0 Å². The van der Waals surface area contributed by atoms with Crippen molar-refractivity contribution in [3.8, 4) is 5.75 Å². The van der Waals surface area contributed by atoms with Gasteiger partial charge in [-0.05, 0) is 31.7 Å². The molecular weight excluding hydrogens is 224 g/mol. The molecule has 3 N–H and O–H groups in total. The largest absolute Gasteiger partial charge is 0.494 e. The highest BCUT2D eigenvalue weighted by atomic mass is 16.5. The first-order valence-electron chi connectivity index (χ1n) is 7.01. The topological polar surface area (TPSA) is 47.3 Å². The Morgan fingerprint density at radius 1 is 1.33 bits per heavy atom. The smallest absolute Gasteiger partial charge is 0.123 e. The second kappa shape index (κ2) is 5.98. The molecule has 1 aliphatic rings. The van der Waals surface area contributed by atoms with Gasteiger partial charge in [0.15, 0.2) is 0 Å². The predicted octanol–water partition coefficient (Wildman–Crippen LogP) is 3.66. The van der Waals surface area contributed by atoms with E-state index in [4.69, 9.17) is 10.5 Å². The Balaban J connectivity index is 2.01. The van der Waals surface area contributed by atoms with Gasteiger partial charge in [-0.2, -0.15) is 0 Å². The van der Waals surface area contributed by atoms with Gasteiger partial charge >= 0.3 is 0 Å². The number of anilines is 2. The predicted molar refractivity (Wildman–Crippen MR) is 77.1 cm³/mol. The number of rotatable bonds is 7. The van der Waals surface area contributed by atoms with Crippen LogP contribution in [-0.2, 0) is 0 Å². The van der Waals surface area contributed by atoms with E-state index in [1.54, 1.807) is 0 Å². The van der Waals surface area contributed by atoms with Gasteiger partial charge in [0.05, 0.1) is 6.61 Å². The molecule has 1 atom stereocenters. The van der Waals surface area contributed by atoms with E-state index in [0.717, 1.165) is 29.5 Å². The molecule has 100 valence electrons. The normalized spacial score (nSPS) is 16.3. The molecule has 18 heavy (non-hydrogen) atoms. The van der Waals surface area contributed by atoms with E-state index >= 15 is 0 Å². The van der Waals surface area contributed by atoms with E-state index in [1.165, 1.54) is 19.3 Å². The lowest BCUT2D eigenvalue weighted by atomic mass is 10.1. The fraction of sp³-hybridized carbons (Fsp3) is 0.600. The van der Waals surface area contributed by atoms with Crippen LogP contribution in [0.5, 0.6) is 5.75 Å². The van der Waals surface area contributed by atoms with Crippen molar-refractivity contribution >= 4 is 11.4 Å². The van der Waals surface area contributed by atoms with Crippen molar-refractivity contribution in [3.63, 3.8) is 0 Å². The molecule has 1 fully saturated rings. The summed E-state index contributed by atoms with van der Waals surface area (Å²) in [6, 6.07) is 6.44. The van der Waals surface area contributed by atoms with Crippen molar-refractivity contribution in [2.45, 2.75) is 45.6 Å². The molecule has 1 aromatic rings. The van der Waals surface area contributed by atoms with Crippen LogP contribution >= 0.6 is 0 Å². The fourth-order valence-corrected chi connectivity index (χ4v) is 2.27. The maximum absolute atomic E-state index is 5.90. The lowest BCUT2D eigenvalue weighted by Gasteiger charge is -2.19. The van der Waals surface area contributed by atoms with Gasteiger partial charge in [0.1, 0.15) is 5.75 Å². The molecule has 0 amide bonds. The second-order valence-corrected chi connectivity index (χ2v) is 5.15. The Labute approximate surface area is 110 Å². The summed E-state index contributed by atoms with van der Waals surface area (Å²) in [6.07, 6.45) is 5.23. The summed E-state index contributed by atoms with van der Waals surface area (Å²) in [5.41, 5.74) is 7.73. The molecule has 1 unspecified atom stereocenters.